The smallest absolute Gasteiger partial charge is 0.141 e. The molecule has 2 aromatic heterocycles. The molecule has 0 radical (unpaired) electrons. The normalized spacial score (nSPS) is 17.8. The minimum Gasteiger partial charge on any atom is -0.493 e. The third-order valence-electron chi connectivity index (χ3n) is 3.54. The highest BCUT2D eigenvalue weighted by molar-refractivity contribution is 7.16. The van der Waals surface area contributed by atoms with Crippen molar-refractivity contribution in [2.24, 2.45) is 0 Å². The fourth-order valence-corrected chi connectivity index (χ4v) is 3.58. The van der Waals surface area contributed by atoms with Crippen molar-refractivity contribution < 1.29 is 4.74 Å². The number of nitrogens with zero attached hydrogens (tertiary/aromatic N) is 2. The first-order valence-electron chi connectivity index (χ1n) is 6.42. The van der Waals surface area contributed by atoms with Crippen molar-refractivity contribution in [2.45, 2.75) is 12.3 Å². The zero-order valence-electron chi connectivity index (χ0n) is 10.5. The fraction of sp³-hybridized carbons (Fsp3) is 0.200. The molecule has 1 aromatic carbocycles. The lowest BCUT2D eigenvalue weighted by atomic mass is 9.96. The minimum atomic E-state index is 0.161. The van der Waals surface area contributed by atoms with Gasteiger partial charge in [0.15, 0.2) is 0 Å². The Balaban J connectivity index is 1.74. The highest BCUT2D eigenvalue weighted by Crippen LogP contribution is 2.33. The molecule has 3 nitrogen and oxygen atoms in total. The first-order valence-corrected chi connectivity index (χ1v) is 7.68. The van der Waals surface area contributed by atoms with Gasteiger partial charge in [0.25, 0.3) is 0 Å². The summed E-state index contributed by atoms with van der Waals surface area (Å²) in [5.41, 5.74) is 1.20. The van der Waals surface area contributed by atoms with Crippen molar-refractivity contribution in [3.05, 3.63) is 52.3 Å². The van der Waals surface area contributed by atoms with Crippen LogP contribution in [0.15, 0.2) is 35.7 Å². The van der Waals surface area contributed by atoms with Crippen LogP contribution in [0.5, 0.6) is 5.75 Å². The molecule has 0 N–H and O–H groups in total. The standard InChI is InChI=1S/C15H11ClN2OS/c16-13-11-5-6-20-15(11)18-14(17-13)10-7-9-3-1-2-4-12(9)19-8-10/h1-6,10H,7-8H2. The number of ether oxygens (including phenoxy) is 1. The lowest BCUT2D eigenvalue weighted by Crippen LogP contribution is -2.21. The molecule has 0 fully saturated rings. The molecule has 4 rings (SSSR count). The zero-order valence-corrected chi connectivity index (χ0v) is 12.1. The summed E-state index contributed by atoms with van der Waals surface area (Å²) in [6, 6.07) is 10.1. The maximum absolute atomic E-state index is 6.24. The first kappa shape index (κ1) is 12.1. The molecule has 0 saturated carbocycles. The Labute approximate surface area is 125 Å². The van der Waals surface area contributed by atoms with Gasteiger partial charge in [-0.3, -0.25) is 0 Å². The Morgan fingerprint density at radius 2 is 2.10 bits per heavy atom. The van der Waals surface area contributed by atoms with Gasteiger partial charge < -0.3 is 4.74 Å². The molecule has 0 spiro atoms. The van der Waals surface area contributed by atoms with Crippen molar-refractivity contribution >= 4 is 33.2 Å². The van der Waals surface area contributed by atoms with E-state index in [0.717, 1.165) is 28.2 Å². The molecule has 3 heterocycles. The van der Waals surface area contributed by atoms with Crippen molar-refractivity contribution in [1.82, 2.24) is 9.97 Å². The summed E-state index contributed by atoms with van der Waals surface area (Å²) in [4.78, 5) is 10.0. The highest BCUT2D eigenvalue weighted by atomic mass is 35.5. The molecule has 0 bridgehead atoms. The van der Waals surface area contributed by atoms with Gasteiger partial charge in [0.2, 0.25) is 0 Å². The summed E-state index contributed by atoms with van der Waals surface area (Å²) in [6.07, 6.45) is 0.892. The van der Waals surface area contributed by atoms with Gasteiger partial charge in [-0.25, -0.2) is 9.97 Å². The number of hydrogen-bond acceptors (Lipinski definition) is 4. The summed E-state index contributed by atoms with van der Waals surface area (Å²) in [5.74, 6) is 1.90. The van der Waals surface area contributed by atoms with Gasteiger partial charge in [0, 0.05) is 5.39 Å². The van der Waals surface area contributed by atoms with E-state index >= 15 is 0 Å². The molecule has 1 atom stereocenters. The number of thiophene rings is 1. The van der Waals surface area contributed by atoms with E-state index in [1.54, 1.807) is 11.3 Å². The highest BCUT2D eigenvalue weighted by Gasteiger charge is 2.24. The van der Waals surface area contributed by atoms with Gasteiger partial charge in [0.1, 0.15) is 21.6 Å². The molecule has 0 saturated heterocycles. The number of rotatable bonds is 1. The van der Waals surface area contributed by atoms with Gasteiger partial charge >= 0.3 is 0 Å². The van der Waals surface area contributed by atoms with Crippen LogP contribution in [0.3, 0.4) is 0 Å². The predicted octanol–water partition coefficient (Wildman–Crippen LogP) is 4.06. The van der Waals surface area contributed by atoms with Crippen LogP contribution in [0.25, 0.3) is 10.2 Å². The van der Waals surface area contributed by atoms with Crippen LogP contribution in [0.1, 0.15) is 17.3 Å². The van der Waals surface area contributed by atoms with E-state index in [2.05, 4.69) is 16.0 Å². The molecule has 0 aliphatic carbocycles. The summed E-state index contributed by atoms with van der Waals surface area (Å²) in [7, 11) is 0. The number of fused-ring (bicyclic) bond motifs is 2. The Morgan fingerprint density at radius 1 is 1.20 bits per heavy atom. The zero-order chi connectivity index (χ0) is 13.5. The van der Waals surface area contributed by atoms with Crippen LogP contribution in [-0.4, -0.2) is 16.6 Å². The van der Waals surface area contributed by atoms with Gasteiger partial charge in [0.05, 0.1) is 12.5 Å². The molecule has 1 aliphatic heterocycles. The predicted molar refractivity (Wildman–Crippen MR) is 80.8 cm³/mol. The van der Waals surface area contributed by atoms with Crippen LogP contribution < -0.4 is 4.74 Å². The minimum absolute atomic E-state index is 0.161. The average Bonchev–Trinajstić information content (AvgIpc) is 2.96. The second-order valence-corrected chi connectivity index (χ2v) is 6.08. The van der Waals surface area contributed by atoms with Crippen LogP contribution in [0.4, 0.5) is 0 Å². The Hall–Kier alpha value is -1.65. The molecular formula is C15H11ClN2OS. The quantitative estimate of drug-likeness (QED) is 0.636. The molecule has 5 heteroatoms. The summed E-state index contributed by atoms with van der Waals surface area (Å²) >= 11 is 7.83. The molecule has 0 amide bonds. The molecule has 20 heavy (non-hydrogen) atoms. The van der Waals surface area contributed by atoms with Crippen LogP contribution >= 0.6 is 22.9 Å². The summed E-state index contributed by atoms with van der Waals surface area (Å²) in [5, 5.41) is 3.45. The van der Waals surface area contributed by atoms with Gasteiger partial charge in [-0.2, -0.15) is 0 Å². The van der Waals surface area contributed by atoms with Crippen LogP contribution in [0, 0.1) is 0 Å². The van der Waals surface area contributed by atoms with E-state index in [1.165, 1.54) is 5.56 Å². The number of halogens is 1. The second kappa shape index (κ2) is 4.72. The van der Waals surface area contributed by atoms with Crippen molar-refractivity contribution in [2.75, 3.05) is 6.61 Å². The third-order valence-corrected chi connectivity index (χ3v) is 4.63. The number of para-hydroxylation sites is 1. The summed E-state index contributed by atoms with van der Waals surface area (Å²) in [6.45, 7) is 0.601. The first-order chi connectivity index (χ1) is 9.81. The van der Waals surface area contributed by atoms with E-state index in [0.29, 0.717) is 11.8 Å². The van der Waals surface area contributed by atoms with Gasteiger partial charge in [-0.05, 0) is 29.5 Å². The van der Waals surface area contributed by atoms with E-state index < -0.39 is 0 Å². The molecule has 1 aliphatic rings. The number of hydrogen-bond donors (Lipinski definition) is 0. The van der Waals surface area contributed by atoms with Crippen LogP contribution in [0.2, 0.25) is 5.15 Å². The Kier molecular flexibility index (Phi) is 2.86. The lowest BCUT2D eigenvalue weighted by molar-refractivity contribution is 0.258. The van der Waals surface area contributed by atoms with E-state index in [4.69, 9.17) is 16.3 Å². The lowest BCUT2D eigenvalue weighted by Gasteiger charge is -2.24. The van der Waals surface area contributed by atoms with Gasteiger partial charge in [-0.15, -0.1) is 11.3 Å². The van der Waals surface area contributed by atoms with E-state index in [9.17, 15) is 0 Å². The maximum Gasteiger partial charge on any atom is 0.141 e. The Bertz CT molecular complexity index is 786. The summed E-state index contributed by atoms with van der Waals surface area (Å²) < 4.78 is 5.80. The average molecular weight is 303 g/mol. The molecule has 100 valence electrons. The van der Waals surface area contributed by atoms with Gasteiger partial charge in [-0.1, -0.05) is 29.8 Å². The van der Waals surface area contributed by atoms with Crippen molar-refractivity contribution in [3.8, 4) is 5.75 Å². The Morgan fingerprint density at radius 3 is 3.05 bits per heavy atom. The maximum atomic E-state index is 6.24. The number of aromatic nitrogens is 2. The van der Waals surface area contributed by atoms with E-state index in [-0.39, 0.29) is 5.92 Å². The topological polar surface area (TPSA) is 35.0 Å². The van der Waals surface area contributed by atoms with E-state index in [1.807, 2.05) is 29.6 Å². The van der Waals surface area contributed by atoms with Crippen LogP contribution in [-0.2, 0) is 6.42 Å². The van der Waals surface area contributed by atoms with Crippen molar-refractivity contribution in [1.29, 1.82) is 0 Å². The molecule has 3 aromatic rings. The monoisotopic (exact) mass is 302 g/mol. The largest absolute Gasteiger partial charge is 0.493 e. The SMILES string of the molecule is Clc1nc(C2COc3ccccc3C2)nc2sccc12. The number of benzene rings is 1. The van der Waals surface area contributed by atoms with Crippen molar-refractivity contribution in [3.63, 3.8) is 0 Å². The molecule has 1 unspecified atom stereocenters. The fourth-order valence-electron chi connectivity index (χ4n) is 2.51. The molecular weight excluding hydrogens is 292 g/mol. The second-order valence-electron chi connectivity index (χ2n) is 4.83. The third kappa shape index (κ3) is 1.96.